The van der Waals surface area contributed by atoms with Crippen molar-refractivity contribution in [3.63, 3.8) is 0 Å². The number of carbonyl (C=O) groups excluding carboxylic acids is 1. The van der Waals surface area contributed by atoms with E-state index >= 15 is 0 Å². The SMILES string of the molecule is O=C(CC1CCCC1)N1CCC[C@H](c2nc(-c3ccccn3)cc(=O)[nH]2)C1. The second-order valence-corrected chi connectivity index (χ2v) is 7.76. The molecule has 2 aromatic rings. The van der Waals surface area contributed by atoms with Gasteiger partial charge < -0.3 is 9.88 Å². The number of nitrogens with zero attached hydrogens (tertiary/aromatic N) is 3. The van der Waals surface area contributed by atoms with Gasteiger partial charge in [0.2, 0.25) is 5.91 Å². The normalized spacial score (nSPS) is 20.7. The van der Waals surface area contributed by atoms with E-state index in [9.17, 15) is 9.59 Å². The molecule has 1 aliphatic carbocycles. The van der Waals surface area contributed by atoms with Crippen molar-refractivity contribution in [1.82, 2.24) is 19.9 Å². The number of aromatic nitrogens is 3. The molecule has 1 atom stereocenters. The van der Waals surface area contributed by atoms with E-state index in [4.69, 9.17) is 0 Å². The van der Waals surface area contributed by atoms with Crippen LogP contribution >= 0.6 is 0 Å². The van der Waals surface area contributed by atoms with E-state index in [0.29, 0.717) is 36.1 Å². The molecule has 142 valence electrons. The smallest absolute Gasteiger partial charge is 0.251 e. The molecule has 3 heterocycles. The van der Waals surface area contributed by atoms with E-state index in [1.807, 2.05) is 23.1 Å². The Morgan fingerprint density at radius 3 is 2.78 bits per heavy atom. The monoisotopic (exact) mass is 366 g/mol. The third kappa shape index (κ3) is 4.26. The summed E-state index contributed by atoms with van der Waals surface area (Å²) in [4.78, 5) is 38.7. The molecule has 0 aromatic carbocycles. The van der Waals surface area contributed by atoms with Crippen molar-refractivity contribution >= 4 is 5.91 Å². The van der Waals surface area contributed by atoms with Gasteiger partial charge in [0.1, 0.15) is 5.82 Å². The second kappa shape index (κ2) is 8.03. The fourth-order valence-corrected chi connectivity index (χ4v) is 4.33. The molecule has 4 rings (SSSR count). The molecule has 1 N–H and O–H groups in total. The first-order valence-corrected chi connectivity index (χ1v) is 9.99. The lowest BCUT2D eigenvalue weighted by Gasteiger charge is -2.33. The summed E-state index contributed by atoms with van der Waals surface area (Å²) in [6.45, 7) is 1.45. The molecule has 6 nitrogen and oxygen atoms in total. The largest absolute Gasteiger partial charge is 0.342 e. The molecule has 2 aromatic heterocycles. The minimum atomic E-state index is -0.171. The number of nitrogens with one attached hydrogen (secondary N) is 1. The average molecular weight is 366 g/mol. The van der Waals surface area contributed by atoms with Gasteiger partial charge in [0.25, 0.3) is 5.56 Å². The molecule has 2 aliphatic rings. The highest BCUT2D eigenvalue weighted by Gasteiger charge is 2.28. The topological polar surface area (TPSA) is 79.0 Å². The maximum atomic E-state index is 12.7. The van der Waals surface area contributed by atoms with Crippen molar-refractivity contribution in [3.05, 3.63) is 46.6 Å². The molecule has 0 unspecified atom stereocenters. The third-order valence-corrected chi connectivity index (χ3v) is 5.79. The lowest BCUT2D eigenvalue weighted by Crippen LogP contribution is -2.40. The Kier molecular flexibility index (Phi) is 5.32. The molecule has 0 radical (unpaired) electrons. The molecule has 1 saturated heterocycles. The van der Waals surface area contributed by atoms with Gasteiger partial charge in [0, 0.05) is 37.7 Å². The maximum Gasteiger partial charge on any atom is 0.251 e. The van der Waals surface area contributed by atoms with Crippen molar-refractivity contribution < 1.29 is 4.79 Å². The number of aromatic amines is 1. The van der Waals surface area contributed by atoms with Crippen LogP contribution in [0.5, 0.6) is 0 Å². The first kappa shape index (κ1) is 17.9. The number of carbonyl (C=O) groups is 1. The minimum absolute atomic E-state index is 0.0719. The van der Waals surface area contributed by atoms with E-state index in [2.05, 4.69) is 15.0 Å². The molecule has 0 spiro atoms. The van der Waals surface area contributed by atoms with Crippen LogP contribution in [-0.2, 0) is 4.79 Å². The van der Waals surface area contributed by atoms with Gasteiger partial charge in [0.15, 0.2) is 0 Å². The highest BCUT2D eigenvalue weighted by molar-refractivity contribution is 5.76. The van der Waals surface area contributed by atoms with E-state index in [-0.39, 0.29) is 17.4 Å². The molecule has 2 fully saturated rings. The van der Waals surface area contributed by atoms with Gasteiger partial charge in [-0.15, -0.1) is 0 Å². The van der Waals surface area contributed by atoms with Crippen LogP contribution in [0.2, 0.25) is 0 Å². The fraction of sp³-hybridized carbons (Fsp3) is 0.524. The molecular formula is C21H26N4O2. The Morgan fingerprint density at radius 2 is 2.00 bits per heavy atom. The summed E-state index contributed by atoms with van der Waals surface area (Å²) < 4.78 is 0. The number of hydrogen-bond donors (Lipinski definition) is 1. The zero-order valence-electron chi connectivity index (χ0n) is 15.6. The first-order valence-electron chi connectivity index (χ1n) is 9.99. The zero-order valence-corrected chi connectivity index (χ0v) is 15.6. The van der Waals surface area contributed by atoms with Gasteiger partial charge in [-0.25, -0.2) is 4.98 Å². The summed E-state index contributed by atoms with van der Waals surface area (Å²) in [6, 6.07) is 7.06. The van der Waals surface area contributed by atoms with Crippen LogP contribution in [0.3, 0.4) is 0 Å². The van der Waals surface area contributed by atoms with Gasteiger partial charge in [0.05, 0.1) is 11.4 Å². The van der Waals surface area contributed by atoms with E-state index in [1.54, 1.807) is 6.20 Å². The number of rotatable bonds is 4. The Labute approximate surface area is 159 Å². The van der Waals surface area contributed by atoms with Crippen molar-refractivity contribution in [2.75, 3.05) is 13.1 Å². The lowest BCUT2D eigenvalue weighted by atomic mass is 9.95. The second-order valence-electron chi connectivity index (χ2n) is 7.76. The number of H-pyrrole nitrogens is 1. The summed E-state index contributed by atoms with van der Waals surface area (Å²) in [5.41, 5.74) is 1.11. The summed E-state index contributed by atoms with van der Waals surface area (Å²) in [7, 11) is 0. The molecular weight excluding hydrogens is 340 g/mol. The molecule has 27 heavy (non-hydrogen) atoms. The van der Waals surface area contributed by atoms with Gasteiger partial charge in [-0.3, -0.25) is 14.6 Å². The van der Waals surface area contributed by atoms with Crippen molar-refractivity contribution in [2.45, 2.75) is 50.9 Å². The summed E-state index contributed by atoms with van der Waals surface area (Å²) >= 11 is 0. The molecule has 1 saturated carbocycles. The Bertz CT molecular complexity index is 843. The Balaban J connectivity index is 1.50. The van der Waals surface area contributed by atoms with E-state index in [0.717, 1.165) is 19.4 Å². The number of likely N-dealkylation sites (tertiary alicyclic amines) is 1. The maximum absolute atomic E-state index is 12.7. The van der Waals surface area contributed by atoms with Crippen LogP contribution in [-0.4, -0.2) is 38.8 Å². The van der Waals surface area contributed by atoms with Gasteiger partial charge in [-0.1, -0.05) is 18.9 Å². The van der Waals surface area contributed by atoms with Crippen molar-refractivity contribution in [1.29, 1.82) is 0 Å². The quantitative estimate of drug-likeness (QED) is 0.902. The highest BCUT2D eigenvalue weighted by Crippen LogP contribution is 2.30. The van der Waals surface area contributed by atoms with Crippen molar-refractivity contribution in [3.8, 4) is 11.4 Å². The molecule has 6 heteroatoms. The Morgan fingerprint density at radius 1 is 1.15 bits per heavy atom. The summed E-state index contributed by atoms with van der Waals surface area (Å²) in [5, 5.41) is 0. The van der Waals surface area contributed by atoms with E-state index in [1.165, 1.54) is 31.7 Å². The van der Waals surface area contributed by atoms with Crippen LogP contribution in [0.4, 0.5) is 0 Å². The predicted molar refractivity (Wildman–Crippen MR) is 103 cm³/mol. The van der Waals surface area contributed by atoms with Crippen LogP contribution in [0.15, 0.2) is 35.3 Å². The van der Waals surface area contributed by atoms with Crippen LogP contribution < -0.4 is 5.56 Å². The molecule has 1 aliphatic heterocycles. The number of piperidine rings is 1. The summed E-state index contributed by atoms with van der Waals surface area (Å²) in [5.74, 6) is 1.56. The number of amides is 1. The van der Waals surface area contributed by atoms with Crippen LogP contribution in [0.1, 0.15) is 56.7 Å². The van der Waals surface area contributed by atoms with Crippen LogP contribution in [0, 0.1) is 5.92 Å². The van der Waals surface area contributed by atoms with E-state index < -0.39 is 0 Å². The van der Waals surface area contributed by atoms with Crippen molar-refractivity contribution in [2.24, 2.45) is 5.92 Å². The van der Waals surface area contributed by atoms with Gasteiger partial charge in [-0.2, -0.15) is 0 Å². The summed E-state index contributed by atoms with van der Waals surface area (Å²) in [6.07, 6.45) is 9.12. The number of pyridine rings is 1. The average Bonchev–Trinajstić information content (AvgIpc) is 3.21. The third-order valence-electron chi connectivity index (χ3n) is 5.79. The lowest BCUT2D eigenvalue weighted by molar-refractivity contribution is -0.133. The van der Waals surface area contributed by atoms with Gasteiger partial charge in [-0.05, 0) is 43.7 Å². The number of hydrogen-bond acceptors (Lipinski definition) is 4. The predicted octanol–water partition coefficient (Wildman–Crippen LogP) is 3.12. The fourth-order valence-electron chi connectivity index (χ4n) is 4.33. The first-order chi connectivity index (χ1) is 13.2. The minimum Gasteiger partial charge on any atom is -0.342 e. The Hall–Kier alpha value is -2.50. The van der Waals surface area contributed by atoms with Crippen LogP contribution in [0.25, 0.3) is 11.4 Å². The standard InChI is InChI=1S/C21H26N4O2/c26-19-13-18(17-9-3-4-10-22-17)23-21(24-19)16-8-5-11-25(14-16)20(27)12-15-6-1-2-7-15/h3-4,9-10,13,15-16H,1-2,5-8,11-12,14H2,(H,23,24,26)/t16-/m0/s1. The highest BCUT2D eigenvalue weighted by atomic mass is 16.2. The molecule has 1 amide bonds. The van der Waals surface area contributed by atoms with Gasteiger partial charge >= 0.3 is 0 Å². The molecule has 0 bridgehead atoms. The zero-order chi connectivity index (χ0) is 18.6.